The van der Waals surface area contributed by atoms with Crippen LogP contribution in [0.3, 0.4) is 0 Å². The smallest absolute Gasteiger partial charge is 0.335 e. The van der Waals surface area contributed by atoms with E-state index in [0.29, 0.717) is 6.42 Å². The fourth-order valence-electron chi connectivity index (χ4n) is 2.02. The van der Waals surface area contributed by atoms with Gasteiger partial charge in [-0.15, -0.1) is 0 Å². The lowest BCUT2D eigenvalue weighted by atomic mass is 10.1. The fourth-order valence-corrected chi connectivity index (χ4v) is 2.70. The summed E-state index contributed by atoms with van der Waals surface area (Å²) in [7, 11) is 0. The van der Waals surface area contributed by atoms with Crippen LogP contribution in [0.2, 0.25) is 0 Å². The number of nitro groups is 1. The van der Waals surface area contributed by atoms with Crippen molar-refractivity contribution in [2.24, 2.45) is 0 Å². The first-order valence-corrected chi connectivity index (χ1v) is 7.21. The van der Waals surface area contributed by atoms with Crippen molar-refractivity contribution in [3.05, 3.63) is 56.3 Å². The molecule has 21 heavy (non-hydrogen) atoms. The Morgan fingerprint density at radius 1 is 1.48 bits per heavy atom. The van der Waals surface area contributed by atoms with E-state index in [-0.39, 0.29) is 23.0 Å². The highest BCUT2D eigenvalue weighted by Crippen LogP contribution is 2.26. The second-order valence-corrected chi connectivity index (χ2v) is 5.46. The summed E-state index contributed by atoms with van der Waals surface area (Å²) in [5.74, 6) is -1.11. The first-order valence-electron chi connectivity index (χ1n) is 6.26. The van der Waals surface area contributed by atoms with Gasteiger partial charge in [0.15, 0.2) is 0 Å². The van der Waals surface area contributed by atoms with Crippen molar-refractivity contribution in [3.8, 4) is 0 Å². The number of hydrogen-bond donors (Lipinski definition) is 2. The van der Waals surface area contributed by atoms with E-state index in [2.05, 4.69) is 5.32 Å². The standard InChI is InChI=1S/C14H14N2O4S/c1-9(6-10-4-5-21-8-10)15-12-7-11(14(17)18)2-3-13(12)16(19)20/h2-5,7-9,15H,6H2,1H3,(H,17,18). The fraction of sp³-hybridized carbons (Fsp3) is 0.214. The number of aromatic carboxylic acids is 1. The normalized spacial score (nSPS) is 11.9. The van der Waals surface area contributed by atoms with Gasteiger partial charge in [0.25, 0.3) is 5.69 Å². The number of hydrogen-bond acceptors (Lipinski definition) is 5. The summed E-state index contributed by atoms with van der Waals surface area (Å²) in [6.07, 6.45) is 0.706. The van der Waals surface area contributed by atoms with Crippen LogP contribution in [0.1, 0.15) is 22.8 Å². The van der Waals surface area contributed by atoms with Crippen LogP contribution in [0.4, 0.5) is 11.4 Å². The molecule has 0 saturated heterocycles. The zero-order valence-electron chi connectivity index (χ0n) is 11.3. The van der Waals surface area contributed by atoms with Gasteiger partial charge >= 0.3 is 5.97 Å². The summed E-state index contributed by atoms with van der Waals surface area (Å²) >= 11 is 1.59. The number of carboxylic acids is 1. The molecule has 0 aliphatic carbocycles. The molecule has 0 aliphatic heterocycles. The van der Waals surface area contributed by atoms with E-state index in [1.165, 1.54) is 18.2 Å². The zero-order chi connectivity index (χ0) is 15.4. The highest BCUT2D eigenvalue weighted by atomic mass is 32.1. The van der Waals surface area contributed by atoms with Gasteiger partial charge in [-0.1, -0.05) is 0 Å². The number of nitro benzene ring substituents is 1. The average molecular weight is 306 g/mol. The predicted octanol–water partition coefficient (Wildman–Crippen LogP) is 3.40. The molecule has 0 amide bonds. The Bertz CT molecular complexity index is 655. The quantitative estimate of drug-likeness (QED) is 0.630. The molecule has 0 spiro atoms. The minimum Gasteiger partial charge on any atom is -0.478 e. The molecule has 0 aliphatic rings. The molecule has 1 heterocycles. The molecule has 6 nitrogen and oxygen atoms in total. The van der Waals surface area contributed by atoms with Crippen LogP contribution < -0.4 is 5.32 Å². The number of thiophene rings is 1. The second-order valence-electron chi connectivity index (χ2n) is 4.68. The van der Waals surface area contributed by atoms with E-state index in [9.17, 15) is 14.9 Å². The molecule has 0 fully saturated rings. The molecule has 110 valence electrons. The third-order valence-electron chi connectivity index (χ3n) is 2.96. The Hall–Kier alpha value is -2.41. The summed E-state index contributed by atoms with van der Waals surface area (Å²) in [5.41, 5.74) is 1.25. The van der Waals surface area contributed by atoms with E-state index < -0.39 is 10.9 Å². The molecule has 0 saturated carbocycles. The summed E-state index contributed by atoms with van der Waals surface area (Å²) < 4.78 is 0. The molecule has 0 bridgehead atoms. The summed E-state index contributed by atoms with van der Waals surface area (Å²) in [6, 6.07) is 5.68. The van der Waals surface area contributed by atoms with Gasteiger partial charge in [-0.2, -0.15) is 11.3 Å². The van der Waals surface area contributed by atoms with Crippen molar-refractivity contribution in [1.29, 1.82) is 0 Å². The number of carboxylic acid groups (broad SMARTS) is 1. The molecule has 1 aromatic carbocycles. The van der Waals surface area contributed by atoms with Crippen LogP contribution in [0, 0.1) is 10.1 Å². The molecule has 2 N–H and O–H groups in total. The van der Waals surface area contributed by atoms with Gasteiger partial charge < -0.3 is 10.4 Å². The van der Waals surface area contributed by atoms with Crippen LogP contribution in [0.15, 0.2) is 35.0 Å². The van der Waals surface area contributed by atoms with Crippen molar-refractivity contribution in [2.75, 3.05) is 5.32 Å². The molecule has 1 unspecified atom stereocenters. The maximum Gasteiger partial charge on any atom is 0.335 e. The number of nitrogens with zero attached hydrogens (tertiary/aromatic N) is 1. The SMILES string of the molecule is CC(Cc1ccsc1)Nc1cc(C(=O)O)ccc1[N+](=O)[O-]. The van der Waals surface area contributed by atoms with E-state index in [0.717, 1.165) is 5.56 Å². The first-order chi connectivity index (χ1) is 9.97. The summed E-state index contributed by atoms with van der Waals surface area (Å²) in [5, 5.41) is 27.0. The number of carbonyl (C=O) groups is 1. The average Bonchev–Trinajstić information content (AvgIpc) is 2.90. The van der Waals surface area contributed by atoms with Gasteiger partial charge in [0.1, 0.15) is 5.69 Å². The topological polar surface area (TPSA) is 92.5 Å². The third-order valence-corrected chi connectivity index (χ3v) is 3.70. The van der Waals surface area contributed by atoms with E-state index >= 15 is 0 Å². The first kappa shape index (κ1) is 15.0. The van der Waals surface area contributed by atoms with Crippen LogP contribution in [0.25, 0.3) is 0 Å². The number of benzene rings is 1. The van der Waals surface area contributed by atoms with E-state index in [4.69, 9.17) is 5.11 Å². The van der Waals surface area contributed by atoms with Crippen molar-refractivity contribution in [1.82, 2.24) is 0 Å². The monoisotopic (exact) mass is 306 g/mol. The maximum absolute atomic E-state index is 11.0. The lowest BCUT2D eigenvalue weighted by Gasteiger charge is -2.15. The van der Waals surface area contributed by atoms with Gasteiger partial charge in [0.2, 0.25) is 0 Å². The Labute approximate surface area is 125 Å². The Balaban J connectivity index is 2.21. The number of nitrogens with one attached hydrogen (secondary N) is 1. The minimum absolute atomic E-state index is 0.0193. The van der Waals surface area contributed by atoms with Crippen LogP contribution in [0.5, 0.6) is 0 Å². The van der Waals surface area contributed by atoms with E-state index in [1.807, 2.05) is 23.8 Å². The Morgan fingerprint density at radius 2 is 2.24 bits per heavy atom. The van der Waals surface area contributed by atoms with Crippen molar-refractivity contribution >= 4 is 28.7 Å². The lowest BCUT2D eigenvalue weighted by molar-refractivity contribution is -0.384. The van der Waals surface area contributed by atoms with Crippen LogP contribution in [-0.2, 0) is 6.42 Å². The van der Waals surface area contributed by atoms with Crippen LogP contribution >= 0.6 is 11.3 Å². The molecule has 7 heteroatoms. The van der Waals surface area contributed by atoms with Crippen LogP contribution in [-0.4, -0.2) is 22.0 Å². The van der Waals surface area contributed by atoms with Gasteiger partial charge in [0.05, 0.1) is 10.5 Å². The van der Waals surface area contributed by atoms with Crippen molar-refractivity contribution < 1.29 is 14.8 Å². The van der Waals surface area contributed by atoms with Gasteiger partial charge in [-0.05, 0) is 47.9 Å². The van der Waals surface area contributed by atoms with Gasteiger partial charge in [-0.25, -0.2) is 4.79 Å². The van der Waals surface area contributed by atoms with Gasteiger partial charge in [0, 0.05) is 12.1 Å². The minimum atomic E-state index is -1.11. The van der Waals surface area contributed by atoms with Crippen molar-refractivity contribution in [3.63, 3.8) is 0 Å². The highest BCUT2D eigenvalue weighted by Gasteiger charge is 2.18. The molecular weight excluding hydrogens is 292 g/mol. The molecule has 1 aromatic heterocycles. The highest BCUT2D eigenvalue weighted by molar-refractivity contribution is 7.07. The Morgan fingerprint density at radius 3 is 2.81 bits per heavy atom. The third kappa shape index (κ3) is 3.79. The molecule has 1 atom stereocenters. The maximum atomic E-state index is 11.0. The molecule has 2 aromatic rings. The second kappa shape index (κ2) is 6.36. The zero-order valence-corrected chi connectivity index (χ0v) is 12.1. The van der Waals surface area contributed by atoms with Gasteiger partial charge in [-0.3, -0.25) is 10.1 Å². The largest absolute Gasteiger partial charge is 0.478 e. The summed E-state index contributed by atoms with van der Waals surface area (Å²) in [4.78, 5) is 21.5. The number of rotatable bonds is 6. The molecule has 0 radical (unpaired) electrons. The van der Waals surface area contributed by atoms with Crippen molar-refractivity contribution in [2.45, 2.75) is 19.4 Å². The van der Waals surface area contributed by atoms with E-state index in [1.54, 1.807) is 11.3 Å². The molecule has 2 rings (SSSR count). The Kier molecular flexibility index (Phi) is 4.54. The number of anilines is 1. The summed E-state index contributed by atoms with van der Waals surface area (Å²) in [6.45, 7) is 1.90. The molecular formula is C14H14N2O4S. The predicted molar refractivity (Wildman–Crippen MR) is 81.2 cm³/mol. The lowest BCUT2D eigenvalue weighted by Crippen LogP contribution is -2.19.